The molecule has 1 atom stereocenters. The Morgan fingerprint density at radius 3 is 2.57 bits per heavy atom. The van der Waals surface area contributed by atoms with Crippen LogP contribution in [0.4, 0.5) is 0 Å². The SMILES string of the molecule is CCc1ccc(O)cc1[C@@](C)(N)CO. The molecule has 0 amide bonds. The molecule has 0 saturated carbocycles. The van der Waals surface area contributed by atoms with Gasteiger partial charge in [-0.25, -0.2) is 0 Å². The number of aliphatic hydroxyl groups excluding tert-OH is 1. The van der Waals surface area contributed by atoms with E-state index in [0.29, 0.717) is 0 Å². The Morgan fingerprint density at radius 1 is 1.43 bits per heavy atom. The molecular weight excluding hydrogens is 178 g/mol. The summed E-state index contributed by atoms with van der Waals surface area (Å²) < 4.78 is 0. The lowest BCUT2D eigenvalue weighted by atomic mass is 9.88. The molecule has 4 N–H and O–H groups in total. The molecule has 0 spiro atoms. The van der Waals surface area contributed by atoms with Crippen molar-refractivity contribution in [2.45, 2.75) is 25.8 Å². The van der Waals surface area contributed by atoms with Gasteiger partial charge in [0.05, 0.1) is 12.1 Å². The van der Waals surface area contributed by atoms with Crippen molar-refractivity contribution in [3.63, 3.8) is 0 Å². The predicted octanol–water partition coefficient (Wildman–Crippen LogP) is 1.12. The van der Waals surface area contributed by atoms with E-state index in [4.69, 9.17) is 10.8 Å². The van der Waals surface area contributed by atoms with Gasteiger partial charge in [-0.05, 0) is 36.6 Å². The van der Waals surface area contributed by atoms with Crippen molar-refractivity contribution < 1.29 is 10.2 Å². The summed E-state index contributed by atoms with van der Waals surface area (Å²) in [5.41, 5.74) is 7.00. The molecule has 1 aromatic rings. The predicted molar refractivity (Wildman–Crippen MR) is 56.1 cm³/mol. The second-order valence-corrected chi connectivity index (χ2v) is 3.77. The van der Waals surface area contributed by atoms with Crippen LogP contribution in [0.1, 0.15) is 25.0 Å². The van der Waals surface area contributed by atoms with Crippen molar-refractivity contribution in [2.24, 2.45) is 5.73 Å². The molecule has 0 bridgehead atoms. The summed E-state index contributed by atoms with van der Waals surface area (Å²) in [6.45, 7) is 3.63. The molecular formula is C11H17NO2. The molecule has 0 saturated heterocycles. The maximum absolute atomic E-state index is 9.35. The van der Waals surface area contributed by atoms with Gasteiger partial charge in [0.2, 0.25) is 0 Å². The van der Waals surface area contributed by atoms with E-state index in [9.17, 15) is 5.11 Å². The molecule has 78 valence electrons. The van der Waals surface area contributed by atoms with E-state index in [0.717, 1.165) is 17.5 Å². The highest BCUT2D eigenvalue weighted by atomic mass is 16.3. The average molecular weight is 195 g/mol. The number of hydrogen-bond donors (Lipinski definition) is 3. The highest BCUT2D eigenvalue weighted by Crippen LogP contribution is 2.25. The summed E-state index contributed by atoms with van der Waals surface area (Å²) in [7, 11) is 0. The Kier molecular flexibility index (Phi) is 3.13. The summed E-state index contributed by atoms with van der Waals surface area (Å²) in [6.07, 6.45) is 0.836. The molecule has 1 rings (SSSR count). The molecule has 0 heterocycles. The van der Waals surface area contributed by atoms with Crippen LogP contribution >= 0.6 is 0 Å². The van der Waals surface area contributed by atoms with Gasteiger partial charge in [-0.15, -0.1) is 0 Å². The molecule has 1 aromatic carbocycles. The van der Waals surface area contributed by atoms with Crippen LogP contribution in [0.2, 0.25) is 0 Å². The second-order valence-electron chi connectivity index (χ2n) is 3.77. The van der Waals surface area contributed by atoms with Crippen LogP contribution in [0, 0.1) is 0 Å². The third-order valence-electron chi connectivity index (χ3n) is 2.42. The monoisotopic (exact) mass is 195 g/mol. The van der Waals surface area contributed by atoms with Crippen LogP contribution in [0.3, 0.4) is 0 Å². The summed E-state index contributed by atoms with van der Waals surface area (Å²) >= 11 is 0. The minimum Gasteiger partial charge on any atom is -0.508 e. The number of phenols is 1. The average Bonchev–Trinajstić information content (AvgIpc) is 2.18. The lowest BCUT2D eigenvalue weighted by Gasteiger charge is -2.25. The first-order valence-electron chi connectivity index (χ1n) is 4.73. The molecule has 0 fully saturated rings. The van der Waals surface area contributed by atoms with E-state index in [-0.39, 0.29) is 12.4 Å². The van der Waals surface area contributed by atoms with Crippen LogP contribution in [0.15, 0.2) is 18.2 Å². The standard InChI is InChI=1S/C11H17NO2/c1-3-8-4-5-9(14)6-10(8)11(2,12)7-13/h4-6,13-14H,3,7,12H2,1-2H3/t11-/m0/s1. The fourth-order valence-corrected chi connectivity index (χ4v) is 1.49. The molecule has 14 heavy (non-hydrogen) atoms. The van der Waals surface area contributed by atoms with Gasteiger partial charge in [0.15, 0.2) is 0 Å². The number of nitrogens with two attached hydrogens (primary N) is 1. The number of aromatic hydroxyl groups is 1. The molecule has 0 aliphatic carbocycles. The first-order chi connectivity index (χ1) is 6.51. The van der Waals surface area contributed by atoms with Crippen LogP contribution in [0.25, 0.3) is 0 Å². The van der Waals surface area contributed by atoms with Gasteiger partial charge in [-0.3, -0.25) is 0 Å². The van der Waals surface area contributed by atoms with E-state index in [1.165, 1.54) is 0 Å². The van der Waals surface area contributed by atoms with Crippen molar-refractivity contribution in [1.29, 1.82) is 0 Å². The van der Waals surface area contributed by atoms with Gasteiger partial charge < -0.3 is 15.9 Å². The van der Waals surface area contributed by atoms with E-state index >= 15 is 0 Å². The third-order valence-corrected chi connectivity index (χ3v) is 2.42. The van der Waals surface area contributed by atoms with E-state index < -0.39 is 5.54 Å². The third kappa shape index (κ3) is 2.05. The van der Waals surface area contributed by atoms with Gasteiger partial charge in [0.1, 0.15) is 5.75 Å². The number of aryl methyl sites for hydroxylation is 1. The van der Waals surface area contributed by atoms with Crippen molar-refractivity contribution >= 4 is 0 Å². The number of aliphatic hydroxyl groups is 1. The normalized spacial score (nSPS) is 15.1. The quantitative estimate of drug-likeness (QED) is 0.677. The highest BCUT2D eigenvalue weighted by molar-refractivity contribution is 5.39. The van der Waals surface area contributed by atoms with Gasteiger partial charge in [0, 0.05) is 0 Å². The van der Waals surface area contributed by atoms with Crippen molar-refractivity contribution in [3.8, 4) is 5.75 Å². The lowest BCUT2D eigenvalue weighted by molar-refractivity contribution is 0.209. The van der Waals surface area contributed by atoms with Crippen LogP contribution in [0.5, 0.6) is 5.75 Å². The molecule has 0 aliphatic rings. The van der Waals surface area contributed by atoms with Gasteiger partial charge in [-0.1, -0.05) is 13.0 Å². The van der Waals surface area contributed by atoms with Crippen molar-refractivity contribution in [2.75, 3.05) is 6.61 Å². The van der Waals surface area contributed by atoms with E-state index in [2.05, 4.69) is 0 Å². The Bertz CT molecular complexity index is 321. The number of phenolic OH excluding ortho intramolecular Hbond substituents is 1. The summed E-state index contributed by atoms with van der Waals surface area (Å²) in [5, 5.41) is 18.5. The smallest absolute Gasteiger partial charge is 0.115 e. The van der Waals surface area contributed by atoms with Gasteiger partial charge >= 0.3 is 0 Å². The largest absolute Gasteiger partial charge is 0.508 e. The molecule has 3 nitrogen and oxygen atoms in total. The number of rotatable bonds is 3. The fourth-order valence-electron chi connectivity index (χ4n) is 1.49. The van der Waals surface area contributed by atoms with E-state index in [1.54, 1.807) is 19.1 Å². The Labute approximate surface area is 84.2 Å². The second kappa shape index (κ2) is 3.98. The summed E-state index contributed by atoms with van der Waals surface area (Å²) in [4.78, 5) is 0. The Balaban J connectivity index is 3.23. The zero-order valence-corrected chi connectivity index (χ0v) is 8.62. The molecule has 3 heteroatoms. The Morgan fingerprint density at radius 2 is 2.07 bits per heavy atom. The maximum atomic E-state index is 9.35. The first-order valence-corrected chi connectivity index (χ1v) is 4.73. The summed E-state index contributed by atoms with van der Waals surface area (Å²) in [6, 6.07) is 5.09. The van der Waals surface area contributed by atoms with Crippen molar-refractivity contribution in [1.82, 2.24) is 0 Å². The maximum Gasteiger partial charge on any atom is 0.115 e. The highest BCUT2D eigenvalue weighted by Gasteiger charge is 2.22. The van der Waals surface area contributed by atoms with E-state index in [1.807, 2.05) is 13.0 Å². The fraction of sp³-hybridized carbons (Fsp3) is 0.455. The minimum atomic E-state index is -0.788. The topological polar surface area (TPSA) is 66.5 Å². The van der Waals surface area contributed by atoms with Gasteiger partial charge in [0.25, 0.3) is 0 Å². The number of hydrogen-bond acceptors (Lipinski definition) is 3. The van der Waals surface area contributed by atoms with Crippen LogP contribution in [-0.2, 0) is 12.0 Å². The van der Waals surface area contributed by atoms with Crippen LogP contribution in [-0.4, -0.2) is 16.8 Å². The zero-order chi connectivity index (χ0) is 10.8. The number of benzene rings is 1. The lowest BCUT2D eigenvalue weighted by Crippen LogP contribution is -2.37. The molecule has 0 aliphatic heterocycles. The molecule has 0 radical (unpaired) electrons. The molecule has 0 unspecified atom stereocenters. The zero-order valence-electron chi connectivity index (χ0n) is 8.62. The summed E-state index contributed by atoms with van der Waals surface area (Å²) in [5.74, 6) is 0.183. The van der Waals surface area contributed by atoms with Crippen LogP contribution < -0.4 is 5.73 Å². The first kappa shape index (κ1) is 11.0. The van der Waals surface area contributed by atoms with Crippen molar-refractivity contribution in [3.05, 3.63) is 29.3 Å². The minimum absolute atomic E-state index is 0.135. The Hall–Kier alpha value is -1.06. The van der Waals surface area contributed by atoms with Gasteiger partial charge in [-0.2, -0.15) is 0 Å². The molecule has 0 aromatic heterocycles.